The van der Waals surface area contributed by atoms with Gasteiger partial charge in [-0.2, -0.15) is 0 Å². The molecule has 0 aromatic heterocycles. The van der Waals surface area contributed by atoms with Gasteiger partial charge in [0.05, 0.1) is 26.4 Å². The van der Waals surface area contributed by atoms with Gasteiger partial charge in [0.1, 0.15) is 12.2 Å². The second-order valence-corrected chi connectivity index (χ2v) is 11.1. The van der Waals surface area contributed by atoms with Gasteiger partial charge in [-0.25, -0.2) is 4.57 Å². The number of ether oxygens (including phenoxy) is 2. The number of carbonyl (C=O) groups is 2. The summed E-state index contributed by atoms with van der Waals surface area (Å²) in [6.07, 6.45) is 21.5. The molecule has 0 radical (unpaired) electrons. The number of aliphatic hydroxyl groups excluding tert-OH is 2. The van der Waals surface area contributed by atoms with Gasteiger partial charge in [0.2, 0.25) is 0 Å². The number of phosphoric acid groups is 1. The molecule has 0 aromatic rings. The lowest BCUT2D eigenvalue weighted by Crippen LogP contribution is -2.28. The Hall–Kier alpha value is -1.55. The van der Waals surface area contributed by atoms with Gasteiger partial charge in [0.25, 0.3) is 0 Å². The zero-order chi connectivity index (χ0) is 29.9. The first-order valence-corrected chi connectivity index (χ1v) is 16.3. The molecule has 0 rings (SSSR count). The topological polar surface area (TPSA) is 149 Å². The number of unbranched alkanes of at least 4 members (excludes halogenated alkanes) is 10. The Morgan fingerprint density at radius 2 is 1.18 bits per heavy atom. The lowest BCUT2D eigenvalue weighted by molar-refractivity contribution is -0.153. The molecule has 0 amide bonds. The van der Waals surface area contributed by atoms with Crippen LogP contribution in [0.15, 0.2) is 24.3 Å². The van der Waals surface area contributed by atoms with E-state index in [1.54, 1.807) is 6.92 Å². The van der Waals surface area contributed by atoms with Gasteiger partial charge in [-0.15, -0.1) is 0 Å². The van der Waals surface area contributed by atoms with Crippen molar-refractivity contribution >= 4 is 19.8 Å². The Labute approximate surface area is 240 Å². The van der Waals surface area contributed by atoms with Gasteiger partial charge >= 0.3 is 19.8 Å². The highest BCUT2D eigenvalue weighted by Crippen LogP contribution is 2.43. The van der Waals surface area contributed by atoms with Crippen LogP contribution in [0.25, 0.3) is 0 Å². The Kier molecular flexibility index (Phi) is 25.3. The molecule has 0 aliphatic heterocycles. The van der Waals surface area contributed by atoms with Gasteiger partial charge in [0, 0.05) is 12.8 Å². The number of esters is 2. The van der Waals surface area contributed by atoms with Crippen molar-refractivity contribution in [3.8, 4) is 0 Å². The first-order chi connectivity index (χ1) is 19.3. The monoisotopic (exact) mass is 592 g/mol. The van der Waals surface area contributed by atoms with Crippen LogP contribution in [0.1, 0.15) is 110 Å². The van der Waals surface area contributed by atoms with Crippen molar-refractivity contribution in [2.75, 3.05) is 26.4 Å². The molecule has 3 N–H and O–H groups in total. The zero-order valence-electron chi connectivity index (χ0n) is 24.5. The van der Waals surface area contributed by atoms with E-state index in [9.17, 15) is 29.3 Å². The smallest absolute Gasteiger partial charge is 0.457 e. The lowest BCUT2D eigenvalue weighted by atomic mass is 10.1. The molecular weight excluding hydrogens is 539 g/mol. The van der Waals surface area contributed by atoms with Crippen LogP contribution in [0.5, 0.6) is 0 Å². The molecule has 0 bridgehead atoms. The van der Waals surface area contributed by atoms with Crippen LogP contribution >= 0.6 is 7.82 Å². The quantitative estimate of drug-likeness (QED) is 0.0453. The highest BCUT2D eigenvalue weighted by Gasteiger charge is 2.27. The molecule has 40 heavy (non-hydrogen) atoms. The number of carbonyl (C=O) groups excluding carboxylic acids is 2. The summed E-state index contributed by atoms with van der Waals surface area (Å²) < 4.78 is 31.4. The molecule has 0 saturated carbocycles. The fourth-order valence-corrected chi connectivity index (χ4v) is 4.37. The zero-order valence-corrected chi connectivity index (χ0v) is 25.4. The Balaban J connectivity index is 3.86. The van der Waals surface area contributed by atoms with E-state index in [2.05, 4.69) is 31.2 Å². The minimum absolute atomic E-state index is 0.0727. The fourth-order valence-electron chi connectivity index (χ4n) is 3.59. The molecule has 0 aliphatic rings. The molecule has 0 spiro atoms. The third-order valence-corrected chi connectivity index (χ3v) is 6.92. The standard InChI is InChI=1S/C29H53O10P/c1-3-5-6-7-8-9-10-11-12-13-14-15-16-17-18-19-20-21-29(33)39-27(23-31)25-37-40(34,35)36-24-26(22-30)38-28(32)4-2/h8-9,11-12,26-27,30-31H,3-7,10,13-25H2,1-2H3,(H,34,35)/b9-8-,12-11-. The third-order valence-electron chi connectivity index (χ3n) is 5.97. The van der Waals surface area contributed by atoms with Crippen LogP contribution in [0, 0.1) is 0 Å². The molecule has 3 atom stereocenters. The maximum Gasteiger partial charge on any atom is 0.472 e. The first-order valence-electron chi connectivity index (χ1n) is 14.8. The van der Waals surface area contributed by atoms with Crippen molar-refractivity contribution in [2.24, 2.45) is 0 Å². The predicted octanol–water partition coefficient (Wildman–Crippen LogP) is 5.93. The Morgan fingerprint density at radius 1 is 0.700 bits per heavy atom. The molecule has 11 heteroatoms. The summed E-state index contributed by atoms with van der Waals surface area (Å²) in [5.74, 6) is -1.12. The summed E-state index contributed by atoms with van der Waals surface area (Å²) in [6, 6.07) is 0. The van der Waals surface area contributed by atoms with E-state index in [0.717, 1.165) is 32.1 Å². The van der Waals surface area contributed by atoms with Crippen molar-refractivity contribution < 1.29 is 47.8 Å². The molecule has 0 heterocycles. The number of allylic oxidation sites excluding steroid dienone is 4. The molecule has 0 aromatic carbocycles. The number of phosphoric ester groups is 1. The minimum atomic E-state index is -4.59. The first kappa shape index (κ1) is 38.5. The van der Waals surface area contributed by atoms with Crippen molar-refractivity contribution in [3.63, 3.8) is 0 Å². The molecule has 0 aliphatic carbocycles. The van der Waals surface area contributed by atoms with Gasteiger partial charge in [-0.3, -0.25) is 18.6 Å². The van der Waals surface area contributed by atoms with E-state index >= 15 is 0 Å². The van der Waals surface area contributed by atoms with Gasteiger partial charge in [-0.05, 0) is 38.5 Å². The average Bonchev–Trinajstić information content (AvgIpc) is 2.94. The molecular formula is C29H53O10P. The van der Waals surface area contributed by atoms with Crippen molar-refractivity contribution in [1.82, 2.24) is 0 Å². The second-order valence-electron chi connectivity index (χ2n) is 9.69. The van der Waals surface area contributed by atoms with Gasteiger partial charge in [-0.1, -0.05) is 83.1 Å². The number of hydrogen-bond donors (Lipinski definition) is 3. The van der Waals surface area contributed by atoms with Crippen LogP contribution < -0.4 is 0 Å². The maximum atomic E-state index is 12.0. The SMILES string of the molecule is CCCCC/C=C\C/C=C\CCCCCCCCCC(=O)OC(CO)COP(=O)(O)OCC(CO)OC(=O)CC. The maximum absolute atomic E-state index is 12.0. The minimum Gasteiger partial charge on any atom is -0.457 e. The fraction of sp³-hybridized carbons (Fsp3) is 0.793. The van der Waals surface area contributed by atoms with E-state index in [1.165, 1.54) is 44.9 Å². The summed E-state index contributed by atoms with van der Waals surface area (Å²) >= 11 is 0. The Morgan fingerprint density at radius 3 is 1.68 bits per heavy atom. The molecule has 234 valence electrons. The van der Waals surface area contributed by atoms with Crippen LogP contribution in [-0.2, 0) is 32.7 Å². The number of hydrogen-bond acceptors (Lipinski definition) is 9. The summed E-state index contributed by atoms with van der Waals surface area (Å²) in [5.41, 5.74) is 0. The number of rotatable bonds is 27. The van der Waals surface area contributed by atoms with E-state index < -0.39 is 58.4 Å². The lowest BCUT2D eigenvalue weighted by Gasteiger charge is -2.20. The Bertz CT molecular complexity index is 740. The molecule has 0 fully saturated rings. The molecule has 0 saturated heterocycles. The summed E-state index contributed by atoms with van der Waals surface area (Å²) in [4.78, 5) is 33.1. The molecule has 10 nitrogen and oxygen atoms in total. The highest BCUT2D eigenvalue weighted by atomic mass is 31.2. The highest BCUT2D eigenvalue weighted by molar-refractivity contribution is 7.47. The van der Waals surface area contributed by atoms with Crippen LogP contribution in [0.3, 0.4) is 0 Å². The largest absolute Gasteiger partial charge is 0.472 e. The van der Waals surface area contributed by atoms with E-state index in [-0.39, 0.29) is 12.8 Å². The van der Waals surface area contributed by atoms with Crippen LogP contribution in [0.4, 0.5) is 0 Å². The van der Waals surface area contributed by atoms with E-state index in [0.29, 0.717) is 6.42 Å². The van der Waals surface area contributed by atoms with E-state index in [4.69, 9.17) is 18.5 Å². The van der Waals surface area contributed by atoms with Crippen LogP contribution in [0.2, 0.25) is 0 Å². The normalized spacial score (nSPS) is 14.8. The molecule has 3 unspecified atom stereocenters. The predicted molar refractivity (Wildman–Crippen MR) is 155 cm³/mol. The average molecular weight is 593 g/mol. The second kappa shape index (κ2) is 26.4. The summed E-state index contributed by atoms with van der Waals surface area (Å²) in [5, 5.41) is 18.6. The van der Waals surface area contributed by atoms with E-state index in [1.807, 2.05) is 0 Å². The van der Waals surface area contributed by atoms with Crippen LogP contribution in [-0.4, -0.2) is 65.7 Å². The third kappa shape index (κ3) is 24.3. The number of aliphatic hydroxyl groups is 2. The van der Waals surface area contributed by atoms with Crippen molar-refractivity contribution in [1.29, 1.82) is 0 Å². The summed E-state index contributed by atoms with van der Waals surface area (Å²) in [6.45, 7) is 1.47. The van der Waals surface area contributed by atoms with Gasteiger partial charge < -0.3 is 24.6 Å². The van der Waals surface area contributed by atoms with Gasteiger partial charge in [0.15, 0.2) is 0 Å². The van der Waals surface area contributed by atoms with Crippen molar-refractivity contribution in [3.05, 3.63) is 24.3 Å². The van der Waals surface area contributed by atoms with Crippen molar-refractivity contribution in [2.45, 2.75) is 122 Å². The summed E-state index contributed by atoms with van der Waals surface area (Å²) in [7, 11) is -4.59.